The lowest BCUT2D eigenvalue weighted by Crippen LogP contribution is -2.47. The van der Waals surface area contributed by atoms with E-state index >= 15 is 0 Å². The average Bonchev–Trinajstić information content (AvgIpc) is 2.66. The van der Waals surface area contributed by atoms with Crippen LogP contribution in [-0.2, 0) is 0 Å². The lowest BCUT2D eigenvalue weighted by Gasteiger charge is -2.45. The Morgan fingerprint density at radius 3 is 2.64 bits per heavy atom. The van der Waals surface area contributed by atoms with Crippen LogP contribution in [0.4, 0.5) is 0 Å². The van der Waals surface area contributed by atoms with Gasteiger partial charge >= 0.3 is 0 Å². The van der Waals surface area contributed by atoms with Crippen LogP contribution >= 0.6 is 11.8 Å². The van der Waals surface area contributed by atoms with Gasteiger partial charge in [-0.3, -0.25) is 0 Å². The number of hydrogen-bond donors (Lipinski definition) is 1. The molecule has 3 nitrogen and oxygen atoms in total. The number of hydrazine groups is 1. The van der Waals surface area contributed by atoms with E-state index in [2.05, 4.69) is 11.1 Å². The Hall–Kier alpha value is -0.190. The van der Waals surface area contributed by atoms with Crippen molar-refractivity contribution in [3.05, 3.63) is 11.1 Å². The fraction of sp³-hybridized carbons (Fsp3) is 0.800. The van der Waals surface area contributed by atoms with E-state index in [9.17, 15) is 0 Å². The topological polar surface area (TPSA) is 32.5 Å². The molecule has 2 bridgehead atoms. The van der Waals surface area contributed by atoms with Gasteiger partial charge in [0.2, 0.25) is 0 Å². The second-order valence-corrected chi connectivity index (χ2v) is 5.58. The van der Waals surface area contributed by atoms with Crippen molar-refractivity contribution >= 4 is 11.8 Å². The van der Waals surface area contributed by atoms with E-state index < -0.39 is 0 Å². The minimum Gasteiger partial charge on any atom is -0.307 e. The molecule has 0 radical (unpaired) electrons. The van der Waals surface area contributed by atoms with Crippen LogP contribution in [0.15, 0.2) is 11.1 Å². The second-order valence-electron chi connectivity index (χ2n) is 4.56. The van der Waals surface area contributed by atoms with Crippen molar-refractivity contribution in [1.29, 1.82) is 0 Å². The van der Waals surface area contributed by atoms with E-state index in [0.29, 0.717) is 0 Å². The van der Waals surface area contributed by atoms with Gasteiger partial charge in [-0.15, -0.1) is 11.8 Å². The maximum atomic E-state index is 5.75. The molecule has 1 atom stereocenters. The maximum absolute atomic E-state index is 5.75. The van der Waals surface area contributed by atoms with Crippen molar-refractivity contribution in [2.24, 2.45) is 17.7 Å². The quantitative estimate of drug-likeness (QED) is 0.657. The molecule has 4 aliphatic heterocycles. The molecule has 3 fully saturated rings. The fourth-order valence-electron chi connectivity index (χ4n) is 2.88. The molecule has 0 aromatic carbocycles. The molecule has 0 spiro atoms. The van der Waals surface area contributed by atoms with Crippen LogP contribution in [0, 0.1) is 11.8 Å². The van der Waals surface area contributed by atoms with E-state index in [-0.39, 0.29) is 0 Å². The summed E-state index contributed by atoms with van der Waals surface area (Å²) in [5, 5.41) is 1.82. The summed E-state index contributed by atoms with van der Waals surface area (Å²) in [7, 11) is 0. The highest BCUT2D eigenvalue weighted by Gasteiger charge is 2.37. The highest BCUT2D eigenvalue weighted by Crippen LogP contribution is 2.42. The average molecular weight is 211 g/mol. The van der Waals surface area contributed by atoms with Gasteiger partial charge in [0, 0.05) is 23.6 Å². The van der Waals surface area contributed by atoms with E-state index in [1.165, 1.54) is 37.4 Å². The summed E-state index contributed by atoms with van der Waals surface area (Å²) < 4.78 is 0. The number of hydrogen-bond acceptors (Lipinski definition) is 4. The summed E-state index contributed by atoms with van der Waals surface area (Å²) in [6.07, 6.45) is 4.94. The van der Waals surface area contributed by atoms with Crippen LogP contribution in [-0.4, -0.2) is 35.4 Å². The van der Waals surface area contributed by atoms with Gasteiger partial charge < -0.3 is 9.91 Å². The molecule has 1 unspecified atom stereocenters. The van der Waals surface area contributed by atoms with E-state index in [1.807, 2.05) is 16.8 Å². The first kappa shape index (κ1) is 9.07. The lowest BCUT2D eigenvalue weighted by atomic mass is 9.79. The molecular weight excluding hydrogens is 194 g/mol. The summed E-state index contributed by atoms with van der Waals surface area (Å²) in [6.45, 7) is 3.92. The molecule has 4 heterocycles. The lowest BCUT2D eigenvalue weighted by molar-refractivity contribution is 0.0717. The molecule has 4 heteroatoms. The number of thioether (sulfide) groups is 1. The molecule has 0 amide bonds. The summed E-state index contributed by atoms with van der Waals surface area (Å²) in [6, 6.07) is 0. The Labute approximate surface area is 89.3 Å². The van der Waals surface area contributed by atoms with Gasteiger partial charge in [-0.25, -0.2) is 5.84 Å². The van der Waals surface area contributed by atoms with E-state index in [1.54, 1.807) is 0 Å². The van der Waals surface area contributed by atoms with Crippen molar-refractivity contribution in [1.82, 2.24) is 9.91 Å². The highest BCUT2D eigenvalue weighted by atomic mass is 32.2. The molecule has 4 rings (SSSR count). The normalized spacial score (nSPS) is 41.6. The first-order valence-corrected chi connectivity index (χ1v) is 6.40. The van der Waals surface area contributed by atoms with Crippen LogP contribution in [0.1, 0.15) is 12.8 Å². The highest BCUT2D eigenvalue weighted by molar-refractivity contribution is 8.03. The zero-order valence-electron chi connectivity index (χ0n) is 8.35. The summed E-state index contributed by atoms with van der Waals surface area (Å²) in [5.41, 5.74) is 0. The van der Waals surface area contributed by atoms with Crippen molar-refractivity contribution in [3.63, 3.8) is 0 Å². The third kappa shape index (κ3) is 1.45. The van der Waals surface area contributed by atoms with Gasteiger partial charge in [-0.05, 0) is 31.8 Å². The maximum Gasteiger partial charge on any atom is 0.0833 e. The number of nitrogens with zero attached hydrogens (tertiary/aromatic N) is 2. The second kappa shape index (κ2) is 3.43. The molecule has 3 saturated heterocycles. The SMILES string of the molecule is NN1C=C(C2CN3CCC2CC3)SC1. The largest absolute Gasteiger partial charge is 0.307 e. The van der Waals surface area contributed by atoms with Crippen LogP contribution in [0.5, 0.6) is 0 Å². The van der Waals surface area contributed by atoms with Gasteiger partial charge in [0.15, 0.2) is 0 Å². The standard InChI is InChI=1S/C10H17N3S/c11-13-6-10(14-7-13)9-5-12-3-1-8(9)2-4-12/h6,8-9H,1-5,7,11H2. The minimum absolute atomic E-state index is 0.788. The Morgan fingerprint density at radius 2 is 2.14 bits per heavy atom. The molecule has 0 saturated carbocycles. The predicted molar refractivity (Wildman–Crippen MR) is 59.2 cm³/mol. The molecule has 2 N–H and O–H groups in total. The fourth-order valence-corrected chi connectivity index (χ4v) is 3.94. The molecule has 0 aromatic heterocycles. The summed E-state index contributed by atoms with van der Waals surface area (Å²) in [4.78, 5) is 4.13. The Bertz CT molecular complexity index is 258. The Kier molecular flexibility index (Phi) is 2.22. The van der Waals surface area contributed by atoms with Crippen LogP contribution in [0.25, 0.3) is 0 Å². The van der Waals surface area contributed by atoms with E-state index in [0.717, 1.165) is 17.7 Å². The van der Waals surface area contributed by atoms with Gasteiger partial charge in [-0.1, -0.05) is 0 Å². The van der Waals surface area contributed by atoms with Crippen molar-refractivity contribution in [2.45, 2.75) is 12.8 Å². The minimum atomic E-state index is 0.788. The summed E-state index contributed by atoms with van der Waals surface area (Å²) >= 11 is 1.93. The van der Waals surface area contributed by atoms with Crippen LogP contribution < -0.4 is 5.84 Å². The third-order valence-corrected chi connectivity index (χ3v) is 4.86. The molecule has 78 valence electrons. The van der Waals surface area contributed by atoms with E-state index in [4.69, 9.17) is 5.84 Å². The van der Waals surface area contributed by atoms with Crippen molar-refractivity contribution in [3.8, 4) is 0 Å². The smallest absolute Gasteiger partial charge is 0.0833 e. The van der Waals surface area contributed by atoms with Gasteiger partial charge in [-0.2, -0.15) is 0 Å². The molecular formula is C10H17N3S. The van der Waals surface area contributed by atoms with Gasteiger partial charge in [0.25, 0.3) is 0 Å². The molecule has 14 heavy (non-hydrogen) atoms. The van der Waals surface area contributed by atoms with Crippen molar-refractivity contribution < 1.29 is 0 Å². The monoisotopic (exact) mass is 211 g/mol. The molecule has 4 aliphatic rings. The number of rotatable bonds is 1. The third-order valence-electron chi connectivity index (χ3n) is 3.69. The number of nitrogens with two attached hydrogens (primary N) is 1. The Balaban J connectivity index is 1.76. The van der Waals surface area contributed by atoms with Crippen molar-refractivity contribution in [2.75, 3.05) is 25.5 Å². The van der Waals surface area contributed by atoms with Crippen LogP contribution in [0.2, 0.25) is 0 Å². The first-order chi connectivity index (χ1) is 6.83. The van der Waals surface area contributed by atoms with Gasteiger partial charge in [0.05, 0.1) is 5.88 Å². The number of piperidine rings is 3. The molecule has 0 aliphatic carbocycles. The van der Waals surface area contributed by atoms with Gasteiger partial charge in [0.1, 0.15) is 0 Å². The molecule has 0 aromatic rings. The van der Waals surface area contributed by atoms with Crippen LogP contribution in [0.3, 0.4) is 0 Å². The first-order valence-electron chi connectivity index (χ1n) is 5.41. The summed E-state index contributed by atoms with van der Waals surface area (Å²) in [5.74, 6) is 8.42. The Morgan fingerprint density at radius 1 is 1.36 bits per heavy atom. The zero-order chi connectivity index (χ0) is 9.54. The predicted octanol–water partition coefficient (Wildman–Crippen LogP) is 1.05. The number of fused-ring (bicyclic) bond motifs is 3. The zero-order valence-corrected chi connectivity index (χ0v) is 9.17.